The number of carbonyl (C=O) groups is 1. The molecule has 1 aromatic heterocycles. The van der Waals surface area contributed by atoms with Gasteiger partial charge in [0.25, 0.3) is 12.3 Å². The largest absolute Gasteiger partial charge is 0.345 e. The predicted octanol–water partition coefficient (Wildman–Crippen LogP) is 4.08. The van der Waals surface area contributed by atoms with E-state index in [-0.39, 0.29) is 6.04 Å². The Kier molecular flexibility index (Phi) is 5.64. The lowest BCUT2D eigenvalue weighted by Gasteiger charge is -2.19. The van der Waals surface area contributed by atoms with Crippen LogP contribution in [-0.2, 0) is 7.05 Å². The molecule has 0 spiro atoms. The van der Waals surface area contributed by atoms with Gasteiger partial charge in [-0.3, -0.25) is 4.79 Å². The molecule has 0 saturated heterocycles. The molecule has 1 amide bonds. The van der Waals surface area contributed by atoms with Gasteiger partial charge in [0, 0.05) is 7.05 Å². The lowest BCUT2D eigenvalue weighted by Crippen LogP contribution is -2.30. The van der Waals surface area contributed by atoms with E-state index in [1.54, 1.807) is 0 Å². The number of alkyl halides is 2. The summed E-state index contributed by atoms with van der Waals surface area (Å²) in [6, 6.07) is 7.15. The fourth-order valence-electron chi connectivity index (χ4n) is 2.61. The molecule has 1 N–H and O–H groups in total. The molecule has 0 bridgehead atoms. The van der Waals surface area contributed by atoms with Crippen LogP contribution in [-0.4, -0.2) is 15.7 Å². The molecule has 1 atom stereocenters. The average molecular weight is 339 g/mol. The molecule has 4 nitrogen and oxygen atoms in total. The number of rotatable bonds is 6. The lowest BCUT2D eigenvalue weighted by molar-refractivity contribution is 0.0915. The number of carbonyl (C=O) groups excluding carboxylic acids is 1. The Hall–Kier alpha value is -2.31. The minimum absolute atomic E-state index is 0.382. The van der Waals surface area contributed by atoms with Gasteiger partial charge in [-0.15, -0.1) is 0 Å². The van der Waals surface area contributed by atoms with Crippen molar-refractivity contribution in [3.8, 4) is 0 Å². The summed E-state index contributed by atoms with van der Waals surface area (Å²) >= 11 is 0. The van der Waals surface area contributed by atoms with Crippen LogP contribution in [0.4, 0.5) is 13.2 Å². The van der Waals surface area contributed by atoms with E-state index < -0.39 is 29.5 Å². The molecule has 0 saturated carbocycles. The van der Waals surface area contributed by atoms with Gasteiger partial charge in [-0.1, -0.05) is 43.2 Å². The fraction of sp³-hybridized carbons (Fsp3) is 0.412. The van der Waals surface area contributed by atoms with Crippen LogP contribution >= 0.6 is 0 Å². The first-order valence-electron chi connectivity index (χ1n) is 7.73. The Balaban J connectivity index is 2.32. The molecule has 0 radical (unpaired) electrons. The van der Waals surface area contributed by atoms with Crippen molar-refractivity contribution in [2.75, 3.05) is 0 Å². The van der Waals surface area contributed by atoms with E-state index in [1.807, 2.05) is 38.1 Å². The zero-order chi connectivity index (χ0) is 17.9. The highest BCUT2D eigenvalue weighted by atomic mass is 19.3. The first kappa shape index (κ1) is 18.0. The van der Waals surface area contributed by atoms with Crippen molar-refractivity contribution in [2.45, 2.75) is 39.2 Å². The van der Waals surface area contributed by atoms with Gasteiger partial charge in [-0.25, -0.2) is 13.5 Å². The van der Waals surface area contributed by atoms with Crippen molar-refractivity contribution in [1.82, 2.24) is 15.1 Å². The second-order valence-electron chi connectivity index (χ2n) is 5.70. The summed E-state index contributed by atoms with van der Waals surface area (Å²) < 4.78 is 40.7. The molecule has 0 aliphatic rings. The van der Waals surface area contributed by atoms with Crippen LogP contribution in [0.3, 0.4) is 0 Å². The summed E-state index contributed by atoms with van der Waals surface area (Å²) in [7, 11) is 1.18. The fourth-order valence-corrected chi connectivity index (χ4v) is 2.61. The minimum atomic E-state index is -3.02. The Morgan fingerprint density at radius 1 is 1.38 bits per heavy atom. The first-order valence-corrected chi connectivity index (χ1v) is 7.73. The minimum Gasteiger partial charge on any atom is -0.345 e. The van der Waals surface area contributed by atoms with Crippen LogP contribution in [0, 0.1) is 12.9 Å². The summed E-state index contributed by atoms with van der Waals surface area (Å²) in [6.07, 6.45) is -1.64. The smallest absolute Gasteiger partial charge is 0.283 e. The number of hydrogen-bond acceptors (Lipinski definition) is 2. The highest BCUT2D eigenvalue weighted by Gasteiger charge is 2.29. The molecule has 0 aliphatic heterocycles. The number of halogens is 3. The van der Waals surface area contributed by atoms with Crippen LogP contribution in [0.1, 0.15) is 59.4 Å². The van der Waals surface area contributed by atoms with E-state index in [4.69, 9.17) is 0 Å². The normalized spacial score (nSPS) is 12.5. The number of nitrogens with zero attached hydrogens (tertiary/aromatic N) is 2. The number of amides is 1. The summed E-state index contributed by atoms with van der Waals surface area (Å²) in [6.45, 7) is 3.87. The highest BCUT2D eigenvalue weighted by molar-refractivity contribution is 5.95. The predicted molar refractivity (Wildman–Crippen MR) is 84.4 cm³/mol. The van der Waals surface area contributed by atoms with Crippen LogP contribution in [0.15, 0.2) is 24.3 Å². The molecule has 130 valence electrons. The van der Waals surface area contributed by atoms with E-state index in [2.05, 4.69) is 10.4 Å². The second-order valence-corrected chi connectivity index (χ2v) is 5.70. The van der Waals surface area contributed by atoms with Gasteiger partial charge in [0.05, 0.1) is 6.04 Å². The van der Waals surface area contributed by atoms with Crippen LogP contribution in [0.5, 0.6) is 0 Å². The average Bonchev–Trinajstić information content (AvgIpc) is 2.83. The summed E-state index contributed by atoms with van der Waals surface area (Å²) in [5.41, 5.74) is 0.338. The van der Waals surface area contributed by atoms with Gasteiger partial charge in [0.1, 0.15) is 11.3 Å². The molecular formula is C17H20F3N3O. The van der Waals surface area contributed by atoms with Crippen molar-refractivity contribution in [1.29, 1.82) is 0 Å². The number of benzene rings is 1. The summed E-state index contributed by atoms with van der Waals surface area (Å²) in [5, 5.41) is 6.06. The van der Waals surface area contributed by atoms with E-state index in [0.29, 0.717) is 11.1 Å². The maximum absolute atomic E-state index is 14.0. The third kappa shape index (κ3) is 3.77. The maximum Gasteiger partial charge on any atom is 0.283 e. The quantitative estimate of drug-likeness (QED) is 0.862. The molecule has 0 aliphatic carbocycles. The molecule has 7 heteroatoms. The Morgan fingerprint density at radius 2 is 2.08 bits per heavy atom. The monoisotopic (exact) mass is 339 g/mol. The van der Waals surface area contributed by atoms with Crippen LogP contribution in [0.25, 0.3) is 0 Å². The van der Waals surface area contributed by atoms with Crippen LogP contribution in [0.2, 0.25) is 0 Å². The van der Waals surface area contributed by atoms with E-state index in [1.165, 1.54) is 7.05 Å². The topological polar surface area (TPSA) is 46.9 Å². The van der Waals surface area contributed by atoms with Crippen molar-refractivity contribution in [3.05, 3.63) is 52.6 Å². The molecule has 2 rings (SSSR count). The Labute approximate surface area is 138 Å². The van der Waals surface area contributed by atoms with Gasteiger partial charge in [0.15, 0.2) is 0 Å². The number of hydrogen-bond donors (Lipinski definition) is 1. The zero-order valence-electron chi connectivity index (χ0n) is 13.8. The van der Waals surface area contributed by atoms with Crippen molar-refractivity contribution >= 4 is 5.91 Å². The van der Waals surface area contributed by atoms with Gasteiger partial charge >= 0.3 is 0 Å². The van der Waals surface area contributed by atoms with Crippen molar-refractivity contribution in [3.63, 3.8) is 0 Å². The standard InChI is InChI=1S/C17H20F3N3O/c1-4-6-12(11-8-5-7-10(2)9-11)21-17(24)13-14(15(18)19)22-23(3)16(13)20/h5,7-9,12,15H,4,6H2,1-3H3,(H,21,24). The SMILES string of the molecule is CCCC(NC(=O)c1c(C(F)F)nn(C)c1F)c1cccc(C)c1. The molecule has 1 aromatic carbocycles. The third-order valence-electron chi connectivity index (χ3n) is 3.77. The van der Waals surface area contributed by atoms with Gasteiger partial charge in [-0.05, 0) is 18.9 Å². The third-order valence-corrected chi connectivity index (χ3v) is 3.77. The van der Waals surface area contributed by atoms with Gasteiger partial charge in [0.2, 0.25) is 5.95 Å². The maximum atomic E-state index is 14.0. The number of nitrogens with one attached hydrogen (secondary N) is 1. The lowest BCUT2D eigenvalue weighted by atomic mass is 10.00. The molecule has 1 heterocycles. The number of aromatic nitrogens is 2. The molecule has 0 fully saturated rings. The van der Waals surface area contributed by atoms with Crippen LogP contribution < -0.4 is 5.32 Å². The van der Waals surface area contributed by atoms with Crippen molar-refractivity contribution in [2.24, 2.45) is 7.05 Å². The van der Waals surface area contributed by atoms with Crippen molar-refractivity contribution < 1.29 is 18.0 Å². The summed E-state index contributed by atoms with van der Waals surface area (Å²) in [5.74, 6) is -1.95. The molecule has 1 unspecified atom stereocenters. The summed E-state index contributed by atoms with van der Waals surface area (Å²) in [4.78, 5) is 12.4. The number of aryl methyl sites for hydroxylation is 2. The Bertz CT molecular complexity index is 728. The van der Waals surface area contributed by atoms with E-state index >= 15 is 0 Å². The molecule has 24 heavy (non-hydrogen) atoms. The van der Waals surface area contributed by atoms with Gasteiger partial charge in [-0.2, -0.15) is 9.49 Å². The molecule has 2 aromatic rings. The first-order chi connectivity index (χ1) is 11.3. The Morgan fingerprint density at radius 3 is 2.67 bits per heavy atom. The molecular weight excluding hydrogens is 319 g/mol. The second kappa shape index (κ2) is 7.51. The van der Waals surface area contributed by atoms with E-state index in [9.17, 15) is 18.0 Å². The highest BCUT2D eigenvalue weighted by Crippen LogP contribution is 2.25. The van der Waals surface area contributed by atoms with E-state index in [0.717, 1.165) is 17.5 Å². The zero-order valence-corrected chi connectivity index (χ0v) is 13.8. The van der Waals surface area contributed by atoms with Gasteiger partial charge < -0.3 is 5.32 Å².